The van der Waals surface area contributed by atoms with Crippen LogP contribution in [0, 0.1) is 5.92 Å². The van der Waals surface area contributed by atoms with E-state index in [0.717, 1.165) is 24.7 Å². The van der Waals surface area contributed by atoms with E-state index in [0.29, 0.717) is 12.3 Å². The molecule has 0 bridgehead atoms. The fourth-order valence-corrected chi connectivity index (χ4v) is 2.42. The van der Waals surface area contributed by atoms with Crippen molar-refractivity contribution >= 4 is 5.91 Å². The number of amides is 1. The molecule has 6 nitrogen and oxygen atoms in total. The highest BCUT2D eigenvalue weighted by Crippen LogP contribution is 2.20. The first-order valence-electron chi connectivity index (χ1n) is 5.99. The van der Waals surface area contributed by atoms with E-state index in [-0.39, 0.29) is 5.91 Å². The van der Waals surface area contributed by atoms with Gasteiger partial charge >= 0.3 is 0 Å². The zero-order valence-corrected chi connectivity index (χ0v) is 10.2. The topological polar surface area (TPSA) is 66.8 Å². The third-order valence-corrected chi connectivity index (χ3v) is 3.30. The Kier molecular flexibility index (Phi) is 2.62. The van der Waals surface area contributed by atoms with Gasteiger partial charge in [0.1, 0.15) is 0 Å². The lowest BCUT2D eigenvalue weighted by Crippen LogP contribution is -2.20. The highest BCUT2D eigenvalue weighted by atomic mass is 16.2. The number of likely N-dealkylation sites (tertiary alicyclic amines) is 1. The molecule has 1 unspecified atom stereocenters. The summed E-state index contributed by atoms with van der Waals surface area (Å²) in [4.78, 5) is 24.9. The SMILES string of the molecule is CN1CC(Cn2ccnc2-c2ncc[nH]2)CC1=O. The predicted molar refractivity (Wildman–Crippen MR) is 65.6 cm³/mol. The van der Waals surface area contributed by atoms with Crippen molar-refractivity contribution in [1.29, 1.82) is 0 Å². The van der Waals surface area contributed by atoms with Gasteiger partial charge in [-0.05, 0) is 0 Å². The minimum absolute atomic E-state index is 0.222. The molecule has 0 aromatic carbocycles. The van der Waals surface area contributed by atoms with Crippen LogP contribution >= 0.6 is 0 Å². The Bertz CT molecular complexity index is 545. The highest BCUT2D eigenvalue weighted by molar-refractivity contribution is 5.78. The molecular weight excluding hydrogens is 230 g/mol. The van der Waals surface area contributed by atoms with Gasteiger partial charge in [0.25, 0.3) is 0 Å². The molecule has 2 aromatic rings. The Morgan fingerprint density at radius 3 is 3.00 bits per heavy atom. The van der Waals surface area contributed by atoms with E-state index in [2.05, 4.69) is 19.5 Å². The van der Waals surface area contributed by atoms with Crippen LogP contribution in [0.5, 0.6) is 0 Å². The van der Waals surface area contributed by atoms with Crippen LogP contribution in [0.1, 0.15) is 6.42 Å². The number of aromatic amines is 1. The van der Waals surface area contributed by atoms with E-state index in [1.54, 1.807) is 23.5 Å². The lowest BCUT2D eigenvalue weighted by molar-refractivity contribution is -0.126. The van der Waals surface area contributed by atoms with E-state index >= 15 is 0 Å². The average Bonchev–Trinajstić information content (AvgIpc) is 3.01. The zero-order valence-electron chi connectivity index (χ0n) is 10.2. The molecule has 0 saturated carbocycles. The number of H-pyrrole nitrogens is 1. The summed E-state index contributed by atoms with van der Waals surface area (Å²) >= 11 is 0. The van der Waals surface area contributed by atoms with Crippen molar-refractivity contribution in [2.45, 2.75) is 13.0 Å². The molecule has 1 fully saturated rings. The maximum Gasteiger partial charge on any atom is 0.222 e. The first-order chi connectivity index (χ1) is 8.74. The molecule has 1 amide bonds. The van der Waals surface area contributed by atoms with Crippen molar-refractivity contribution in [2.24, 2.45) is 5.92 Å². The minimum atomic E-state index is 0.222. The molecule has 1 N–H and O–H groups in total. The van der Waals surface area contributed by atoms with Crippen LogP contribution in [-0.4, -0.2) is 43.9 Å². The Hall–Kier alpha value is -2.11. The fraction of sp³-hybridized carbons (Fsp3) is 0.417. The van der Waals surface area contributed by atoms with Crippen molar-refractivity contribution in [3.8, 4) is 11.6 Å². The number of rotatable bonds is 3. The summed E-state index contributed by atoms with van der Waals surface area (Å²) in [6, 6.07) is 0. The van der Waals surface area contributed by atoms with Gasteiger partial charge in [-0.25, -0.2) is 9.97 Å². The predicted octanol–water partition coefficient (Wildman–Crippen LogP) is 0.751. The smallest absolute Gasteiger partial charge is 0.222 e. The molecule has 1 saturated heterocycles. The second-order valence-electron chi connectivity index (χ2n) is 4.69. The summed E-state index contributed by atoms with van der Waals surface area (Å²) in [5.74, 6) is 2.16. The van der Waals surface area contributed by atoms with Gasteiger partial charge in [-0.15, -0.1) is 0 Å². The monoisotopic (exact) mass is 245 g/mol. The Morgan fingerprint density at radius 1 is 1.44 bits per heavy atom. The van der Waals surface area contributed by atoms with Gasteiger partial charge in [0.05, 0.1) is 0 Å². The van der Waals surface area contributed by atoms with Crippen LogP contribution in [0.25, 0.3) is 11.6 Å². The number of hydrogen-bond acceptors (Lipinski definition) is 3. The van der Waals surface area contributed by atoms with Gasteiger partial charge in [-0.1, -0.05) is 0 Å². The molecule has 2 aromatic heterocycles. The van der Waals surface area contributed by atoms with Gasteiger partial charge in [-0.3, -0.25) is 4.79 Å². The second-order valence-corrected chi connectivity index (χ2v) is 4.69. The standard InChI is InChI=1S/C12H15N5O/c1-16-7-9(6-10(16)18)8-17-5-4-15-12(17)11-13-2-3-14-11/h2-5,9H,6-8H2,1H3,(H,13,14). The van der Waals surface area contributed by atoms with E-state index < -0.39 is 0 Å². The summed E-state index contributed by atoms with van der Waals surface area (Å²) in [7, 11) is 1.85. The Balaban J connectivity index is 1.78. The molecule has 1 aliphatic rings. The summed E-state index contributed by atoms with van der Waals surface area (Å²) < 4.78 is 2.05. The fourth-order valence-electron chi connectivity index (χ4n) is 2.42. The number of carbonyl (C=O) groups is 1. The van der Waals surface area contributed by atoms with Crippen LogP contribution < -0.4 is 0 Å². The van der Waals surface area contributed by atoms with Crippen LogP contribution in [-0.2, 0) is 11.3 Å². The zero-order chi connectivity index (χ0) is 12.5. The van der Waals surface area contributed by atoms with Crippen LogP contribution in [0.4, 0.5) is 0 Å². The van der Waals surface area contributed by atoms with Gasteiger partial charge in [0.2, 0.25) is 5.91 Å². The van der Waals surface area contributed by atoms with Crippen molar-refractivity contribution in [3.05, 3.63) is 24.8 Å². The van der Waals surface area contributed by atoms with Gasteiger partial charge < -0.3 is 14.5 Å². The van der Waals surface area contributed by atoms with Gasteiger partial charge in [0, 0.05) is 57.3 Å². The molecule has 94 valence electrons. The maximum absolute atomic E-state index is 11.5. The first-order valence-corrected chi connectivity index (χ1v) is 5.99. The minimum Gasteiger partial charge on any atom is -0.345 e. The van der Waals surface area contributed by atoms with E-state index in [1.165, 1.54) is 0 Å². The van der Waals surface area contributed by atoms with E-state index in [1.807, 2.05) is 13.2 Å². The molecule has 6 heteroatoms. The molecular formula is C12H15N5O. The van der Waals surface area contributed by atoms with Gasteiger partial charge in [-0.2, -0.15) is 0 Å². The molecule has 18 heavy (non-hydrogen) atoms. The van der Waals surface area contributed by atoms with E-state index in [9.17, 15) is 4.79 Å². The van der Waals surface area contributed by atoms with Crippen molar-refractivity contribution < 1.29 is 4.79 Å². The molecule has 1 aliphatic heterocycles. The summed E-state index contributed by atoms with van der Waals surface area (Å²) in [6.45, 7) is 1.61. The summed E-state index contributed by atoms with van der Waals surface area (Å²) in [5.41, 5.74) is 0. The number of aromatic nitrogens is 4. The normalized spacial score (nSPS) is 19.7. The largest absolute Gasteiger partial charge is 0.345 e. The average molecular weight is 245 g/mol. The number of nitrogens with zero attached hydrogens (tertiary/aromatic N) is 4. The third kappa shape index (κ3) is 1.90. The van der Waals surface area contributed by atoms with Crippen molar-refractivity contribution in [2.75, 3.05) is 13.6 Å². The van der Waals surface area contributed by atoms with Crippen LogP contribution in [0.15, 0.2) is 24.8 Å². The Labute approximate surface area is 105 Å². The number of nitrogens with one attached hydrogen (secondary N) is 1. The molecule has 0 radical (unpaired) electrons. The first kappa shape index (κ1) is 11.0. The molecule has 1 atom stereocenters. The Morgan fingerprint density at radius 2 is 2.33 bits per heavy atom. The molecule has 3 rings (SSSR count). The molecule has 0 aliphatic carbocycles. The number of imidazole rings is 2. The maximum atomic E-state index is 11.5. The second kappa shape index (κ2) is 4.29. The molecule has 3 heterocycles. The summed E-state index contributed by atoms with van der Waals surface area (Å²) in [5, 5.41) is 0. The highest BCUT2D eigenvalue weighted by Gasteiger charge is 2.27. The van der Waals surface area contributed by atoms with E-state index in [4.69, 9.17) is 0 Å². The van der Waals surface area contributed by atoms with Crippen molar-refractivity contribution in [1.82, 2.24) is 24.4 Å². The lowest BCUT2D eigenvalue weighted by atomic mass is 10.1. The van der Waals surface area contributed by atoms with Crippen LogP contribution in [0.2, 0.25) is 0 Å². The number of carbonyl (C=O) groups excluding carboxylic acids is 1. The molecule has 0 spiro atoms. The van der Waals surface area contributed by atoms with Crippen molar-refractivity contribution in [3.63, 3.8) is 0 Å². The quantitative estimate of drug-likeness (QED) is 0.867. The number of hydrogen-bond donors (Lipinski definition) is 1. The van der Waals surface area contributed by atoms with Gasteiger partial charge in [0.15, 0.2) is 11.6 Å². The summed E-state index contributed by atoms with van der Waals surface area (Å²) in [6.07, 6.45) is 7.80. The van der Waals surface area contributed by atoms with Crippen LogP contribution in [0.3, 0.4) is 0 Å². The third-order valence-electron chi connectivity index (χ3n) is 3.30. The lowest BCUT2D eigenvalue weighted by Gasteiger charge is -2.12.